The molecule has 2 saturated heterocycles. The van der Waals surface area contributed by atoms with Gasteiger partial charge >= 0.3 is 12.2 Å². The van der Waals surface area contributed by atoms with E-state index in [-0.39, 0.29) is 30.8 Å². The minimum absolute atomic E-state index is 0.111. The summed E-state index contributed by atoms with van der Waals surface area (Å²) in [5.74, 6) is 0.0542. The van der Waals surface area contributed by atoms with Crippen LogP contribution in [0.3, 0.4) is 0 Å². The first kappa shape index (κ1) is 21.3. The van der Waals surface area contributed by atoms with Crippen LogP contribution in [0.5, 0.6) is 11.8 Å². The quantitative estimate of drug-likeness (QED) is 0.624. The Balaban J connectivity index is 1.25. The minimum Gasteiger partial charge on any atom is -0.423 e. The molecule has 33 heavy (non-hydrogen) atoms. The van der Waals surface area contributed by atoms with Crippen LogP contribution >= 0.6 is 0 Å². The predicted octanol–water partition coefficient (Wildman–Crippen LogP) is 2.62. The summed E-state index contributed by atoms with van der Waals surface area (Å²) in [6, 6.07) is 12.4. The Labute approximate surface area is 185 Å². The number of carbonyl (C=O) groups is 1. The molecule has 2 aliphatic rings. The number of ether oxygens (including phenoxy) is 3. The van der Waals surface area contributed by atoms with Crippen molar-refractivity contribution in [1.29, 1.82) is 0 Å². The van der Waals surface area contributed by atoms with Gasteiger partial charge in [0.25, 0.3) is 5.91 Å². The number of carbonyl (C=O) groups excluding carboxylic acids is 1. The number of alkyl halides is 3. The molecule has 0 spiro atoms. The highest BCUT2D eigenvalue weighted by Gasteiger charge is 2.50. The molecule has 2 aromatic carbocycles. The second-order valence-corrected chi connectivity index (χ2v) is 7.64. The molecule has 1 N–H and O–H groups in total. The number of nitrogens with one attached hydrogen (secondary N) is 1. The Morgan fingerprint density at radius 1 is 1.03 bits per heavy atom. The smallest absolute Gasteiger partial charge is 0.416 e. The number of para-hydroxylation sites is 1. The van der Waals surface area contributed by atoms with Crippen LogP contribution in [-0.4, -0.2) is 57.6 Å². The van der Waals surface area contributed by atoms with Crippen molar-refractivity contribution in [2.75, 3.05) is 13.2 Å². The minimum atomic E-state index is -4.46. The van der Waals surface area contributed by atoms with Crippen molar-refractivity contribution >= 4 is 5.91 Å². The second kappa shape index (κ2) is 8.45. The first-order chi connectivity index (χ1) is 15.9. The van der Waals surface area contributed by atoms with Crippen molar-refractivity contribution in [3.05, 3.63) is 65.7 Å². The van der Waals surface area contributed by atoms with Gasteiger partial charge in [-0.2, -0.15) is 17.9 Å². The number of hydrogen-bond acceptors (Lipinski definition) is 7. The maximum Gasteiger partial charge on any atom is 0.416 e. The standard InChI is InChI=1S/C21H18F3N5O4/c22-21(23,24)13-8-6-12(7-9-13)19(30)25-15-10-31-18-16(11-32-17(15)18)29-20(26-27-28-29)33-14-4-2-1-3-5-14/h1-9,15-18H,10-11H2,(H,25,30)/t15-,16-,17+,18+/m0/s1. The fraction of sp³-hybridized carbons (Fsp3) is 0.333. The third kappa shape index (κ3) is 4.26. The number of tetrazole rings is 1. The predicted molar refractivity (Wildman–Crippen MR) is 106 cm³/mol. The number of aromatic nitrogens is 4. The summed E-state index contributed by atoms with van der Waals surface area (Å²) in [6.45, 7) is 0.410. The van der Waals surface area contributed by atoms with Crippen molar-refractivity contribution in [2.24, 2.45) is 0 Å². The summed E-state index contributed by atoms with van der Waals surface area (Å²) in [7, 11) is 0. The van der Waals surface area contributed by atoms with E-state index in [1.165, 1.54) is 4.68 Å². The van der Waals surface area contributed by atoms with Gasteiger partial charge in [0.1, 0.15) is 24.0 Å². The van der Waals surface area contributed by atoms with Crippen molar-refractivity contribution in [3.8, 4) is 11.8 Å². The topological polar surface area (TPSA) is 100 Å². The van der Waals surface area contributed by atoms with Crippen molar-refractivity contribution < 1.29 is 32.2 Å². The van der Waals surface area contributed by atoms with Crippen molar-refractivity contribution in [2.45, 2.75) is 30.5 Å². The van der Waals surface area contributed by atoms with Crippen LogP contribution in [0.2, 0.25) is 0 Å². The fourth-order valence-corrected chi connectivity index (χ4v) is 3.93. The summed E-state index contributed by atoms with van der Waals surface area (Å²) in [5, 5.41) is 14.4. The van der Waals surface area contributed by atoms with Crippen LogP contribution in [0, 0.1) is 0 Å². The van der Waals surface area contributed by atoms with Crippen LogP contribution in [0.4, 0.5) is 13.2 Å². The normalized spacial score (nSPS) is 24.5. The first-order valence-electron chi connectivity index (χ1n) is 10.1. The van der Waals surface area contributed by atoms with E-state index >= 15 is 0 Å². The SMILES string of the molecule is O=C(N[C@H]1CO[C@H]2[C@@H]1OC[C@@H]2n1nnnc1Oc1ccccc1)c1ccc(C(F)(F)F)cc1. The molecule has 0 radical (unpaired) electrons. The molecule has 5 rings (SSSR count). The molecule has 172 valence electrons. The average molecular weight is 461 g/mol. The van der Waals surface area contributed by atoms with Gasteiger partial charge in [-0.1, -0.05) is 23.3 Å². The average Bonchev–Trinajstić information content (AvgIpc) is 3.52. The number of benzene rings is 2. The van der Waals surface area contributed by atoms with Crippen LogP contribution in [-0.2, 0) is 15.7 Å². The number of nitrogens with zero attached hydrogens (tertiary/aromatic N) is 4. The molecule has 1 aromatic heterocycles. The van der Waals surface area contributed by atoms with Gasteiger partial charge in [-0.15, -0.1) is 0 Å². The van der Waals surface area contributed by atoms with E-state index < -0.39 is 35.9 Å². The third-order valence-electron chi connectivity index (χ3n) is 5.55. The molecule has 12 heteroatoms. The van der Waals surface area contributed by atoms with Gasteiger partial charge < -0.3 is 19.5 Å². The van der Waals surface area contributed by atoms with E-state index in [9.17, 15) is 18.0 Å². The number of rotatable bonds is 5. The second-order valence-electron chi connectivity index (χ2n) is 7.64. The van der Waals surface area contributed by atoms with Gasteiger partial charge in [0.15, 0.2) is 0 Å². The molecule has 0 unspecified atom stereocenters. The molecule has 2 aliphatic heterocycles. The lowest BCUT2D eigenvalue weighted by Crippen LogP contribution is -2.44. The fourth-order valence-electron chi connectivity index (χ4n) is 3.93. The Kier molecular flexibility index (Phi) is 5.46. The summed E-state index contributed by atoms with van der Waals surface area (Å²) >= 11 is 0. The highest BCUT2D eigenvalue weighted by atomic mass is 19.4. The molecule has 0 bridgehead atoms. The van der Waals surface area contributed by atoms with Gasteiger partial charge in [0.05, 0.1) is 24.8 Å². The van der Waals surface area contributed by atoms with Crippen LogP contribution < -0.4 is 10.1 Å². The molecular weight excluding hydrogens is 443 g/mol. The van der Waals surface area contributed by atoms with Gasteiger partial charge in [0.2, 0.25) is 0 Å². The van der Waals surface area contributed by atoms with E-state index in [0.29, 0.717) is 5.75 Å². The molecule has 3 heterocycles. The molecular formula is C21H18F3N5O4. The van der Waals surface area contributed by atoms with Gasteiger partial charge in [-0.3, -0.25) is 4.79 Å². The van der Waals surface area contributed by atoms with Gasteiger partial charge in [-0.25, -0.2) is 0 Å². The lowest BCUT2D eigenvalue weighted by Gasteiger charge is -2.18. The monoisotopic (exact) mass is 461 g/mol. The largest absolute Gasteiger partial charge is 0.423 e. The summed E-state index contributed by atoms with van der Waals surface area (Å²) in [5.41, 5.74) is -0.708. The lowest BCUT2D eigenvalue weighted by molar-refractivity contribution is -0.137. The zero-order chi connectivity index (χ0) is 23.0. The van der Waals surface area contributed by atoms with Crippen molar-refractivity contribution in [1.82, 2.24) is 25.5 Å². The summed E-state index contributed by atoms with van der Waals surface area (Å²) in [4.78, 5) is 12.6. The summed E-state index contributed by atoms with van der Waals surface area (Å²) < 4.78 is 57.2. The number of hydrogen-bond donors (Lipinski definition) is 1. The highest BCUT2D eigenvalue weighted by molar-refractivity contribution is 5.94. The first-order valence-corrected chi connectivity index (χ1v) is 10.1. The Bertz CT molecular complexity index is 1120. The Hall–Kier alpha value is -3.51. The summed E-state index contributed by atoms with van der Waals surface area (Å²) in [6.07, 6.45) is -5.38. The third-order valence-corrected chi connectivity index (χ3v) is 5.55. The molecule has 4 atom stereocenters. The van der Waals surface area contributed by atoms with Crippen molar-refractivity contribution in [3.63, 3.8) is 0 Å². The van der Waals surface area contributed by atoms with E-state index in [1.807, 2.05) is 18.2 Å². The zero-order valence-corrected chi connectivity index (χ0v) is 17.0. The van der Waals surface area contributed by atoms with E-state index in [2.05, 4.69) is 20.8 Å². The number of fused-ring (bicyclic) bond motifs is 1. The molecule has 3 aromatic rings. The number of halogens is 3. The van der Waals surface area contributed by atoms with E-state index in [1.54, 1.807) is 12.1 Å². The van der Waals surface area contributed by atoms with E-state index in [4.69, 9.17) is 14.2 Å². The maximum absolute atomic E-state index is 12.7. The zero-order valence-electron chi connectivity index (χ0n) is 17.0. The lowest BCUT2D eigenvalue weighted by atomic mass is 10.1. The molecule has 2 fully saturated rings. The van der Waals surface area contributed by atoms with Crippen LogP contribution in [0.25, 0.3) is 0 Å². The van der Waals surface area contributed by atoms with Gasteiger partial charge in [0, 0.05) is 5.56 Å². The van der Waals surface area contributed by atoms with Crippen LogP contribution in [0.15, 0.2) is 54.6 Å². The van der Waals surface area contributed by atoms with Gasteiger partial charge in [-0.05, 0) is 46.8 Å². The molecule has 9 nitrogen and oxygen atoms in total. The number of amides is 1. The molecule has 0 aliphatic carbocycles. The molecule has 1 amide bonds. The van der Waals surface area contributed by atoms with E-state index in [0.717, 1.165) is 24.3 Å². The maximum atomic E-state index is 12.7. The van der Waals surface area contributed by atoms with Crippen LogP contribution in [0.1, 0.15) is 22.0 Å². The molecule has 0 saturated carbocycles. The Morgan fingerprint density at radius 3 is 2.48 bits per heavy atom. The Morgan fingerprint density at radius 2 is 1.76 bits per heavy atom. The highest BCUT2D eigenvalue weighted by Crippen LogP contribution is 2.36.